The molecule has 1 atom stereocenters. The third-order valence-electron chi connectivity index (χ3n) is 4.66. The zero-order valence-corrected chi connectivity index (χ0v) is 18.2. The van der Waals surface area contributed by atoms with E-state index in [0.717, 1.165) is 40.5 Å². The highest BCUT2D eigenvalue weighted by molar-refractivity contribution is 8.00. The minimum absolute atomic E-state index is 0.411. The van der Waals surface area contributed by atoms with E-state index in [-0.39, 0.29) is 0 Å². The van der Waals surface area contributed by atoms with Gasteiger partial charge in [-0.1, -0.05) is 37.3 Å². The third kappa shape index (κ3) is 6.13. The quantitative estimate of drug-likeness (QED) is 0.443. The van der Waals surface area contributed by atoms with Crippen molar-refractivity contribution in [3.63, 3.8) is 0 Å². The average Bonchev–Trinajstić information content (AvgIpc) is 3.13. The molecule has 1 unspecified atom stereocenters. The van der Waals surface area contributed by atoms with Crippen LogP contribution in [0, 0.1) is 6.92 Å². The second-order valence-electron chi connectivity index (χ2n) is 7.03. The van der Waals surface area contributed by atoms with Gasteiger partial charge < -0.3 is 14.3 Å². The minimum atomic E-state index is -0.758. The Bertz CT molecular complexity index is 938. The maximum Gasteiger partial charge on any atom is 0.316 e. The van der Waals surface area contributed by atoms with Gasteiger partial charge >= 0.3 is 5.97 Å². The van der Waals surface area contributed by atoms with E-state index >= 15 is 0 Å². The number of aromatic nitrogens is 1. The van der Waals surface area contributed by atoms with Crippen LogP contribution in [0.1, 0.15) is 30.4 Å². The number of hydrogen-bond donors (Lipinski definition) is 1. The highest BCUT2D eigenvalue weighted by Gasteiger charge is 2.18. The van der Waals surface area contributed by atoms with E-state index in [2.05, 4.69) is 11.9 Å². The molecule has 3 aromatic rings. The average molecular weight is 426 g/mol. The number of carboxylic acids is 1. The lowest BCUT2D eigenvalue weighted by Crippen LogP contribution is -2.19. The van der Waals surface area contributed by atoms with Crippen LogP contribution >= 0.6 is 11.8 Å². The largest absolute Gasteiger partial charge is 0.493 e. The van der Waals surface area contributed by atoms with Gasteiger partial charge in [0.15, 0.2) is 0 Å². The van der Waals surface area contributed by atoms with Crippen LogP contribution in [-0.4, -0.2) is 33.7 Å². The molecule has 0 saturated carbocycles. The number of hydrogen-bond acceptors (Lipinski definition) is 5. The monoisotopic (exact) mass is 425 g/mol. The van der Waals surface area contributed by atoms with E-state index in [1.54, 1.807) is 0 Å². The Hall–Kier alpha value is -2.73. The molecule has 0 amide bonds. The Morgan fingerprint density at radius 1 is 1.17 bits per heavy atom. The zero-order valence-electron chi connectivity index (χ0n) is 17.3. The lowest BCUT2D eigenvalue weighted by Gasteiger charge is -2.12. The highest BCUT2D eigenvalue weighted by Crippen LogP contribution is 2.23. The normalized spacial score (nSPS) is 11.9. The molecule has 0 aliphatic rings. The first-order chi connectivity index (χ1) is 14.6. The lowest BCUT2D eigenvalue weighted by atomic mass is 10.1. The SMILES string of the molecule is CCCSC(Cc1ccc(OCCc2nc(-c3ccccc3)oc2C)cc1)C(=O)O. The van der Waals surface area contributed by atoms with Crippen molar-refractivity contribution < 1.29 is 19.1 Å². The first kappa shape index (κ1) is 22.0. The molecule has 6 heteroatoms. The summed E-state index contributed by atoms with van der Waals surface area (Å²) in [6, 6.07) is 17.5. The fourth-order valence-corrected chi connectivity index (χ4v) is 4.02. The number of benzene rings is 2. The molecule has 1 N–H and O–H groups in total. The number of rotatable bonds is 11. The summed E-state index contributed by atoms with van der Waals surface area (Å²) in [7, 11) is 0. The Balaban J connectivity index is 1.52. The van der Waals surface area contributed by atoms with Crippen LogP contribution in [0.2, 0.25) is 0 Å². The molecule has 0 fully saturated rings. The molecule has 3 rings (SSSR count). The summed E-state index contributed by atoms with van der Waals surface area (Å²) in [5.74, 6) is 2.28. The number of thioether (sulfide) groups is 1. The molecule has 0 radical (unpaired) electrons. The van der Waals surface area contributed by atoms with Gasteiger partial charge in [-0.3, -0.25) is 4.79 Å². The van der Waals surface area contributed by atoms with Crippen molar-refractivity contribution in [2.45, 2.75) is 38.4 Å². The molecular weight excluding hydrogens is 398 g/mol. The molecule has 0 saturated heterocycles. The summed E-state index contributed by atoms with van der Waals surface area (Å²) in [4.78, 5) is 16.0. The lowest BCUT2D eigenvalue weighted by molar-refractivity contribution is -0.136. The number of carboxylic acid groups (broad SMARTS) is 1. The van der Waals surface area contributed by atoms with Crippen LogP contribution in [-0.2, 0) is 17.6 Å². The molecule has 1 aromatic heterocycles. The standard InChI is InChI=1S/C24H27NO4S/c1-3-15-30-22(24(26)27)16-18-9-11-20(12-10-18)28-14-13-21-17(2)29-23(25-21)19-7-5-4-6-8-19/h4-12,22H,3,13-16H2,1-2H3,(H,26,27). The maximum absolute atomic E-state index is 11.4. The van der Waals surface area contributed by atoms with E-state index in [1.807, 2.05) is 61.5 Å². The summed E-state index contributed by atoms with van der Waals surface area (Å²) in [6.07, 6.45) is 2.14. The molecule has 0 aliphatic carbocycles. The van der Waals surface area contributed by atoms with Crippen LogP contribution in [0.5, 0.6) is 5.75 Å². The smallest absolute Gasteiger partial charge is 0.316 e. The van der Waals surface area contributed by atoms with Crippen molar-refractivity contribution in [1.82, 2.24) is 4.98 Å². The maximum atomic E-state index is 11.4. The third-order valence-corrected chi connectivity index (χ3v) is 6.08. The summed E-state index contributed by atoms with van der Waals surface area (Å²) >= 11 is 1.50. The second kappa shape index (κ2) is 10.9. The summed E-state index contributed by atoms with van der Waals surface area (Å²) in [6.45, 7) is 4.46. The molecule has 30 heavy (non-hydrogen) atoms. The Kier molecular flexibility index (Phi) is 7.97. The molecule has 0 aliphatic heterocycles. The zero-order chi connectivity index (χ0) is 21.3. The van der Waals surface area contributed by atoms with Crippen molar-refractivity contribution in [3.05, 3.63) is 71.6 Å². The van der Waals surface area contributed by atoms with Crippen molar-refractivity contribution in [3.8, 4) is 17.2 Å². The van der Waals surface area contributed by atoms with Gasteiger partial charge in [-0.25, -0.2) is 4.98 Å². The first-order valence-electron chi connectivity index (χ1n) is 10.1. The Morgan fingerprint density at radius 3 is 2.57 bits per heavy atom. The predicted molar refractivity (Wildman–Crippen MR) is 120 cm³/mol. The minimum Gasteiger partial charge on any atom is -0.493 e. The van der Waals surface area contributed by atoms with Crippen molar-refractivity contribution in [1.29, 1.82) is 0 Å². The van der Waals surface area contributed by atoms with Crippen LogP contribution < -0.4 is 4.74 Å². The van der Waals surface area contributed by atoms with Gasteiger partial charge in [0.1, 0.15) is 16.8 Å². The van der Waals surface area contributed by atoms with Crippen LogP contribution in [0.25, 0.3) is 11.5 Å². The Labute approximate surface area is 181 Å². The van der Waals surface area contributed by atoms with Crippen LogP contribution in [0.15, 0.2) is 59.0 Å². The van der Waals surface area contributed by atoms with Gasteiger partial charge in [-0.05, 0) is 55.3 Å². The predicted octanol–water partition coefficient (Wildman–Crippen LogP) is 5.41. The van der Waals surface area contributed by atoms with E-state index in [9.17, 15) is 9.90 Å². The number of oxazole rings is 1. The molecule has 0 spiro atoms. The molecule has 0 bridgehead atoms. The summed E-state index contributed by atoms with van der Waals surface area (Å²) in [5, 5.41) is 8.97. The van der Waals surface area contributed by atoms with E-state index in [1.165, 1.54) is 11.8 Å². The van der Waals surface area contributed by atoms with Gasteiger partial charge in [0, 0.05) is 12.0 Å². The van der Waals surface area contributed by atoms with Crippen LogP contribution in [0.3, 0.4) is 0 Å². The van der Waals surface area contributed by atoms with Gasteiger partial charge in [-0.2, -0.15) is 0 Å². The number of carbonyl (C=O) groups is 1. The summed E-state index contributed by atoms with van der Waals surface area (Å²) in [5.41, 5.74) is 2.85. The van der Waals surface area contributed by atoms with Crippen molar-refractivity contribution in [2.24, 2.45) is 0 Å². The molecule has 5 nitrogen and oxygen atoms in total. The molecule has 158 valence electrons. The molecule has 1 heterocycles. The van der Waals surface area contributed by atoms with Gasteiger partial charge in [0.05, 0.1) is 12.3 Å². The first-order valence-corrected chi connectivity index (χ1v) is 11.2. The van der Waals surface area contributed by atoms with E-state index in [0.29, 0.717) is 25.3 Å². The molecular formula is C24H27NO4S. The fraction of sp³-hybridized carbons (Fsp3) is 0.333. The highest BCUT2D eigenvalue weighted by atomic mass is 32.2. The Morgan fingerprint density at radius 2 is 1.90 bits per heavy atom. The van der Waals surface area contributed by atoms with Gasteiger partial charge in [0.25, 0.3) is 0 Å². The van der Waals surface area contributed by atoms with Crippen molar-refractivity contribution >= 4 is 17.7 Å². The number of aliphatic carboxylic acids is 1. The number of nitrogens with zero attached hydrogens (tertiary/aromatic N) is 1. The van der Waals surface area contributed by atoms with Gasteiger partial charge in [0.2, 0.25) is 5.89 Å². The van der Waals surface area contributed by atoms with Gasteiger partial charge in [-0.15, -0.1) is 11.8 Å². The number of aryl methyl sites for hydroxylation is 1. The van der Waals surface area contributed by atoms with E-state index < -0.39 is 11.2 Å². The van der Waals surface area contributed by atoms with E-state index in [4.69, 9.17) is 9.15 Å². The van der Waals surface area contributed by atoms with Crippen molar-refractivity contribution in [2.75, 3.05) is 12.4 Å². The second-order valence-corrected chi connectivity index (χ2v) is 8.34. The fourth-order valence-electron chi connectivity index (χ4n) is 3.04. The number of ether oxygens (including phenoxy) is 1. The van der Waals surface area contributed by atoms with Crippen LogP contribution in [0.4, 0.5) is 0 Å². The molecule has 2 aromatic carbocycles. The topological polar surface area (TPSA) is 72.6 Å². The summed E-state index contributed by atoms with van der Waals surface area (Å²) < 4.78 is 11.6.